The molecule has 0 saturated heterocycles. The van der Waals surface area contributed by atoms with Gasteiger partial charge in [-0.05, 0) is 25.1 Å². The number of carbonyl (C=O) groups is 1. The van der Waals surface area contributed by atoms with Gasteiger partial charge in [0.05, 0.1) is 18.0 Å². The van der Waals surface area contributed by atoms with Crippen LogP contribution in [-0.2, 0) is 4.74 Å². The second-order valence-corrected chi connectivity index (χ2v) is 4.10. The molecule has 1 aromatic rings. The first-order chi connectivity index (χ1) is 9.08. The zero-order valence-corrected chi connectivity index (χ0v) is 11.1. The van der Waals surface area contributed by atoms with Crippen molar-refractivity contribution in [3.63, 3.8) is 0 Å². The Hall–Kier alpha value is -2.05. The van der Waals surface area contributed by atoms with E-state index in [0.717, 1.165) is 5.57 Å². The highest BCUT2D eigenvalue weighted by atomic mass is 16.5. The molecule has 0 fully saturated rings. The summed E-state index contributed by atoms with van der Waals surface area (Å²) in [5, 5.41) is 12.2. The van der Waals surface area contributed by atoms with Crippen molar-refractivity contribution in [1.29, 1.82) is 0 Å². The Morgan fingerprint density at radius 1 is 1.47 bits per heavy atom. The van der Waals surface area contributed by atoms with Gasteiger partial charge in [-0.15, -0.1) is 0 Å². The quantitative estimate of drug-likeness (QED) is 0.443. The standard InChI is InChI=1S/C13H19N3O3/c1-9(8-19-2)5-6-15-11-4-3-10(13(14)17)7-12(11)16-18/h3-5,7,15-16,18H,6,8H2,1-2H3,(H2,14,17)/b9-5+. The van der Waals surface area contributed by atoms with E-state index >= 15 is 0 Å². The Morgan fingerprint density at radius 2 is 2.21 bits per heavy atom. The highest BCUT2D eigenvalue weighted by Gasteiger charge is 2.06. The Morgan fingerprint density at radius 3 is 2.79 bits per heavy atom. The Bertz CT molecular complexity index is 472. The van der Waals surface area contributed by atoms with Crippen molar-refractivity contribution in [2.45, 2.75) is 6.92 Å². The number of carbonyl (C=O) groups excluding carboxylic acids is 1. The Kier molecular flexibility index (Phi) is 5.84. The third-order valence-electron chi connectivity index (χ3n) is 2.54. The first-order valence-corrected chi connectivity index (χ1v) is 5.81. The molecule has 6 nitrogen and oxygen atoms in total. The largest absolute Gasteiger partial charge is 0.380 e. The molecule has 0 bridgehead atoms. The van der Waals surface area contributed by atoms with Crippen LogP contribution in [0.15, 0.2) is 29.8 Å². The molecule has 0 radical (unpaired) electrons. The molecule has 0 heterocycles. The topological polar surface area (TPSA) is 96.6 Å². The van der Waals surface area contributed by atoms with Gasteiger partial charge in [0.2, 0.25) is 5.91 Å². The lowest BCUT2D eigenvalue weighted by Crippen LogP contribution is -2.12. The van der Waals surface area contributed by atoms with Crippen molar-refractivity contribution in [2.75, 3.05) is 31.1 Å². The van der Waals surface area contributed by atoms with Crippen molar-refractivity contribution >= 4 is 17.3 Å². The monoisotopic (exact) mass is 265 g/mol. The van der Waals surface area contributed by atoms with Crippen molar-refractivity contribution in [1.82, 2.24) is 0 Å². The fraction of sp³-hybridized carbons (Fsp3) is 0.308. The maximum absolute atomic E-state index is 11.0. The third kappa shape index (κ3) is 4.61. The number of hydrogen-bond acceptors (Lipinski definition) is 5. The second-order valence-electron chi connectivity index (χ2n) is 4.10. The van der Waals surface area contributed by atoms with Gasteiger partial charge in [0.15, 0.2) is 0 Å². The molecule has 5 N–H and O–H groups in total. The lowest BCUT2D eigenvalue weighted by Gasteiger charge is -2.11. The summed E-state index contributed by atoms with van der Waals surface area (Å²) in [5.74, 6) is -0.543. The van der Waals surface area contributed by atoms with E-state index in [1.54, 1.807) is 19.2 Å². The van der Waals surface area contributed by atoms with Crippen LogP contribution in [0.4, 0.5) is 11.4 Å². The number of rotatable bonds is 7. The third-order valence-corrected chi connectivity index (χ3v) is 2.54. The van der Waals surface area contributed by atoms with Crippen LogP contribution in [0.1, 0.15) is 17.3 Å². The zero-order chi connectivity index (χ0) is 14.3. The molecule has 104 valence electrons. The minimum Gasteiger partial charge on any atom is -0.380 e. The molecule has 0 unspecified atom stereocenters. The van der Waals surface area contributed by atoms with E-state index < -0.39 is 5.91 Å². The molecular weight excluding hydrogens is 246 g/mol. The average molecular weight is 265 g/mol. The Balaban J connectivity index is 2.73. The van der Waals surface area contributed by atoms with Crippen LogP contribution in [-0.4, -0.2) is 31.4 Å². The summed E-state index contributed by atoms with van der Waals surface area (Å²) in [6.45, 7) is 3.12. The molecule has 1 amide bonds. The smallest absolute Gasteiger partial charge is 0.248 e. The van der Waals surface area contributed by atoms with Gasteiger partial charge < -0.3 is 15.8 Å². The molecule has 1 aromatic carbocycles. The van der Waals surface area contributed by atoms with E-state index in [1.807, 2.05) is 18.5 Å². The molecule has 0 aliphatic rings. The van der Waals surface area contributed by atoms with Gasteiger partial charge >= 0.3 is 0 Å². The summed E-state index contributed by atoms with van der Waals surface area (Å²) in [4.78, 5) is 11.0. The number of benzene rings is 1. The summed E-state index contributed by atoms with van der Waals surface area (Å²) >= 11 is 0. The van der Waals surface area contributed by atoms with E-state index in [9.17, 15) is 4.79 Å². The summed E-state index contributed by atoms with van der Waals surface area (Å²) in [6.07, 6.45) is 1.98. The lowest BCUT2D eigenvalue weighted by molar-refractivity contribution is 0.100. The first-order valence-electron chi connectivity index (χ1n) is 5.81. The normalized spacial score (nSPS) is 11.2. The highest BCUT2D eigenvalue weighted by Crippen LogP contribution is 2.22. The van der Waals surface area contributed by atoms with Crippen molar-refractivity contribution in [2.24, 2.45) is 5.73 Å². The van der Waals surface area contributed by atoms with Gasteiger partial charge in [-0.1, -0.05) is 11.6 Å². The number of ether oxygens (including phenoxy) is 1. The van der Waals surface area contributed by atoms with Gasteiger partial charge in [0.1, 0.15) is 0 Å². The van der Waals surface area contributed by atoms with Gasteiger partial charge in [-0.3, -0.25) is 15.5 Å². The van der Waals surface area contributed by atoms with Crippen molar-refractivity contribution in [3.8, 4) is 0 Å². The van der Waals surface area contributed by atoms with Gasteiger partial charge in [0.25, 0.3) is 0 Å². The van der Waals surface area contributed by atoms with Crippen LogP contribution >= 0.6 is 0 Å². The first kappa shape index (κ1) is 15.0. The zero-order valence-electron chi connectivity index (χ0n) is 11.1. The average Bonchev–Trinajstić information content (AvgIpc) is 2.39. The SMILES string of the molecule is COC/C(C)=C/CNc1ccc(C(N)=O)cc1NO. The summed E-state index contributed by atoms with van der Waals surface area (Å²) < 4.78 is 4.99. The highest BCUT2D eigenvalue weighted by molar-refractivity contribution is 5.95. The van der Waals surface area contributed by atoms with E-state index in [-0.39, 0.29) is 0 Å². The number of nitrogens with two attached hydrogens (primary N) is 1. The molecule has 0 aliphatic heterocycles. The molecule has 1 rings (SSSR count). The van der Waals surface area contributed by atoms with Gasteiger partial charge in [-0.25, -0.2) is 0 Å². The van der Waals surface area contributed by atoms with Crippen LogP contribution in [0, 0.1) is 0 Å². The number of amides is 1. The predicted octanol–water partition coefficient (Wildman–Crippen LogP) is 1.59. The Labute approximate surface area is 112 Å². The fourth-order valence-corrected chi connectivity index (χ4v) is 1.57. The molecule has 6 heteroatoms. The molecule has 0 aliphatic carbocycles. The summed E-state index contributed by atoms with van der Waals surface area (Å²) in [5.41, 5.74) is 9.71. The van der Waals surface area contributed by atoms with Crippen LogP contribution in [0.3, 0.4) is 0 Å². The minimum absolute atomic E-state index is 0.327. The molecule has 0 atom stereocenters. The van der Waals surface area contributed by atoms with E-state index in [4.69, 9.17) is 15.7 Å². The molecule has 19 heavy (non-hydrogen) atoms. The van der Waals surface area contributed by atoms with E-state index in [2.05, 4.69) is 5.32 Å². The predicted molar refractivity (Wildman–Crippen MR) is 74.5 cm³/mol. The van der Waals surface area contributed by atoms with E-state index in [0.29, 0.717) is 30.1 Å². The second kappa shape index (κ2) is 7.40. The van der Waals surface area contributed by atoms with Gasteiger partial charge in [0, 0.05) is 19.2 Å². The number of primary amides is 1. The number of hydrogen-bond donors (Lipinski definition) is 4. The molecule has 0 saturated carbocycles. The lowest BCUT2D eigenvalue weighted by atomic mass is 10.1. The van der Waals surface area contributed by atoms with E-state index in [1.165, 1.54) is 6.07 Å². The van der Waals surface area contributed by atoms with Gasteiger partial charge in [-0.2, -0.15) is 0 Å². The number of anilines is 2. The van der Waals surface area contributed by atoms with Crippen LogP contribution in [0.2, 0.25) is 0 Å². The summed E-state index contributed by atoms with van der Waals surface area (Å²) in [7, 11) is 1.64. The molecular formula is C13H19N3O3. The number of methoxy groups -OCH3 is 1. The van der Waals surface area contributed by atoms with Crippen LogP contribution in [0.25, 0.3) is 0 Å². The minimum atomic E-state index is -0.543. The summed E-state index contributed by atoms with van der Waals surface area (Å²) in [6, 6.07) is 4.76. The fourth-order valence-electron chi connectivity index (χ4n) is 1.57. The van der Waals surface area contributed by atoms with Crippen LogP contribution in [0.5, 0.6) is 0 Å². The van der Waals surface area contributed by atoms with Crippen molar-refractivity contribution < 1.29 is 14.7 Å². The molecule has 0 spiro atoms. The van der Waals surface area contributed by atoms with Crippen LogP contribution < -0.4 is 16.5 Å². The maximum Gasteiger partial charge on any atom is 0.248 e. The molecule has 0 aromatic heterocycles. The number of nitrogens with one attached hydrogen (secondary N) is 2. The maximum atomic E-state index is 11.0. The van der Waals surface area contributed by atoms with Crippen molar-refractivity contribution in [3.05, 3.63) is 35.4 Å².